The van der Waals surface area contributed by atoms with E-state index < -0.39 is 5.97 Å². The van der Waals surface area contributed by atoms with Gasteiger partial charge in [0.05, 0.1) is 17.9 Å². The lowest BCUT2D eigenvalue weighted by molar-refractivity contribution is -0.145. The number of pyridine rings is 1. The van der Waals surface area contributed by atoms with E-state index in [2.05, 4.69) is 26.8 Å². The van der Waals surface area contributed by atoms with Gasteiger partial charge in [0.1, 0.15) is 17.5 Å². The Morgan fingerprint density at radius 2 is 2.16 bits per heavy atom. The van der Waals surface area contributed by atoms with Gasteiger partial charge in [-0.1, -0.05) is 38.6 Å². The number of esters is 1. The third-order valence-electron chi connectivity index (χ3n) is 5.65. The molecular weight excluding hydrogens is 428 g/mol. The van der Waals surface area contributed by atoms with Crippen LogP contribution in [0.3, 0.4) is 0 Å². The maximum absolute atomic E-state index is 12.3. The molecule has 5 nitrogen and oxygen atoms in total. The fourth-order valence-electron chi connectivity index (χ4n) is 3.95. The van der Waals surface area contributed by atoms with Crippen molar-refractivity contribution in [3.63, 3.8) is 0 Å². The van der Waals surface area contributed by atoms with Crippen molar-refractivity contribution in [3.8, 4) is 16.5 Å². The molecule has 31 heavy (non-hydrogen) atoms. The van der Waals surface area contributed by atoms with Crippen molar-refractivity contribution >= 4 is 34.9 Å². The molecule has 0 saturated carbocycles. The average molecular weight is 457 g/mol. The average Bonchev–Trinajstić information content (AvgIpc) is 3.24. The lowest BCUT2D eigenvalue weighted by Crippen LogP contribution is -2.28. The summed E-state index contributed by atoms with van der Waals surface area (Å²) in [4.78, 5) is 29.8. The number of thioether (sulfide) groups is 1. The molecule has 1 atom stereocenters. The minimum absolute atomic E-state index is 0.0891. The molecule has 2 aromatic heterocycles. The largest absolute Gasteiger partial charge is 0.466 e. The minimum atomic E-state index is -0.515. The van der Waals surface area contributed by atoms with E-state index in [0.717, 1.165) is 35.4 Å². The summed E-state index contributed by atoms with van der Waals surface area (Å²) in [5.41, 5.74) is 3.88. The minimum Gasteiger partial charge on any atom is -0.466 e. The topological polar surface area (TPSA) is 80.1 Å². The maximum atomic E-state index is 12.3. The monoisotopic (exact) mass is 456 g/mol. The Kier molecular flexibility index (Phi) is 7.55. The molecule has 2 aromatic rings. The standard InChI is InChI=1S/C24H28N2O3S2/c1-5-29-21(28)12-16(27)14-31-23-18(13-25)22(20-7-6-10-30-20)17-9-8-15(24(2,3)4)11-19(17)26-23/h6-7,10,15H,5,8-9,11-12,14H2,1-4H3/t15-/m1/s1. The van der Waals surface area contributed by atoms with Crippen molar-refractivity contribution in [1.29, 1.82) is 5.26 Å². The first-order valence-corrected chi connectivity index (χ1v) is 12.4. The second kappa shape index (κ2) is 9.97. The van der Waals surface area contributed by atoms with Gasteiger partial charge in [0.15, 0.2) is 5.78 Å². The third kappa shape index (κ3) is 5.55. The van der Waals surface area contributed by atoms with Gasteiger partial charge in [0.2, 0.25) is 0 Å². The second-order valence-electron chi connectivity index (χ2n) is 8.80. The van der Waals surface area contributed by atoms with Crippen molar-refractivity contribution in [2.75, 3.05) is 12.4 Å². The number of hydrogen-bond acceptors (Lipinski definition) is 7. The van der Waals surface area contributed by atoms with Gasteiger partial charge in [-0.2, -0.15) is 5.26 Å². The molecule has 0 amide bonds. The number of rotatable bonds is 7. The van der Waals surface area contributed by atoms with E-state index in [1.165, 1.54) is 17.3 Å². The van der Waals surface area contributed by atoms with Gasteiger partial charge in [-0.05, 0) is 54.5 Å². The molecule has 164 valence electrons. The molecule has 0 saturated heterocycles. The first kappa shape index (κ1) is 23.5. The molecule has 2 heterocycles. The lowest BCUT2D eigenvalue weighted by Gasteiger charge is -2.35. The second-order valence-corrected chi connectivity index (χ2v) is 10.7. The van der Waals surface area contributed by atoms with E-state index in [1.54, 1.807) is 18.3 Å². The van der Waals surface area contributed by atoms with E-state index in [0.29, 0.717) is 16.5 Å². The summed E-state index contributed by atoms with van der Waals surface area (Å²) in [5, 5.41) is 12.6. The normalized spacial score (nSPS) is 15.8. The summed E-state index contributed by atoms with van der Waals surface area (Å²) in [6, 6.07) is 6.38. The molecule has 0 bridgehead atoms. The Labute approximate surface area is 192 Å². The van der Waals surface area contributed by atoms with Crippen LogP contribution in [-0.4, -0.2) is 29.1 Å². The molecule has 1 aliphatic rings. The quantitative estimate of drug-likeness (QED) is 0.313. The van der Waals surface area contributed by atoms with Crippen LogP contribution >= 0.6 is 23.1 Å². The molecular formula is C24H28N2O3S2. The van der Waals surface area contributed by atoms with E-state index in [9.17, 15) is 14.9 Å². The summed E-state index contributed by atoms with van der Waals surface area (Å²) in [7, 11) is 0. The number of fused-ring (bicyclic) bond motifs is 1. The lowest BCUT2D eigenvalue weighted by atomic mass is 9.71. The zero-order chi connectivity index (χ0) is 22.6. The van der Waals surface area contributed by atoms with Gasteiger partial charge in [-0.15, -0.1) is 11.3 Å². The summed E-state index contributed by atoms with van der Waals surface area (Å²) >= 11 is 2.86. The molecule has 0 aromatic carbocycles. The van der Waals surface area contributed by atoms with Crippen LogP contribution < -0.4 is 0 Å². The van der Waals surface area contributed by atoms with E-state index in [-0.39, 0.29) is 30.0 Å². The number of carbonyl (C=O) groups excluding carboxylic acids is 2. The summed E-state index contributed by atoms with van der Waals surface area (Å²) in [6.07, 6.45) is 2.59. The van der Waals surface area contributed by atoms with Crippen molar-refractivity contribution < 1.29 is 14.3 Å². The Bertz CT molecular complexity index is 1000. The highest BCUT2D eigenvalue weighted by Gasteiger charge is 2.33. The molecule has 0 N–H and O–H groups in total. The van der Waals surface area contributed by atoms with Gasteiger partial charge in [-0.25, -0.2) is 4.98 Å². The number of Topliss-reactive ketones (excluding diaryl/α,β-unsaturated/α-hetero) is 1. The van der Waals surface area contributed by atoms with Gasteiger partial charge in [-0.3, -0.25) is 9.59 Å². The fourth-order valence-corrected chi connectivity index (χ4v) is 5.62. The summed E-state index contributed by atoms with van der Waals surface area (Å²) in [6.45, 7) is 8.75. The molecule has 0 fully saturated rings. The Morgan fingerprint density at radius 3 is 2.77 bits per heavy atom. The fraction of sp³-hybridized carbons (Fsp3) is 0.500. The molecule has 7 heteroatoms. The van der Waals surface area contributed by atoms with Crippen LogP contribution in [0.25, 0.3) is 10.4 Å². The number of nitriles is 1. The van der Waals surface area contributed by atoms with E-state index >= 15 is 0 Å². The highest BCUT2D eigenvalue weighted by Crippen LogP contribution is 2.43. The van der Waals surface area contributed by atoms with Crippen molar-refractivity contribution in [3.05, 3.63) is 34.3 Å². The molecule has 0 aliphatic heterocycles. The van der Waals surface area contributed by atoms with Gasteiger partial charge in [0.25, 0.3) is 0 Å². The van der Waals surface area contributed by atoms with Crippen LogP contribution in [0, 0.1) is 22.7 Å². The first-order valence-electron chi connectivity index (χ1n) is 10.5. The zero-order valence-electron chi connectivity index (χ0n) is 18.5. The van der Waals surface area contributed by atoms with Crippen LogP contribution in [-0.2, 0) is 27.2 Å². The van der Waals surface area contributed by atoms with Crippen LogP contribution in [0.1, 0.15) is 57.4 Å². The predicted octanol–water partition coefficient (Wildman–Crippen LogP) is 5.45. The van der Waals surface area contributed by atoms with Gasteiger partial charge >= 0.3 is 5.97 Å². The smallest absolute Gasteiger partial charge is 0.313 e. The number of hydrogen-bond donors (Lipinski definition) is 0. The van der Waals surface area contributed by atoms with Crippen molar-refractivity contribution in [2.45, 2.75) is 58.4 Å². The van der Waals surface area contributed by atoms with Crippen molar-refractivity contribution in [2.24, 2.45) is 11.3 Å². The van der Waals surface area contributed by atoms with Crippen LogP contribution in [0.5, 0.6) is 0 Å². The molecule has 3 rings (SSSR count). The Hall–Kier alpha value is -2.17. The zero-order valence-corrected chi connectivity index (χ0v) is 20.1. The Morgan fingerprint density at radius 1 is 1.39 bits per heavy atom. The number of nitrogens with zero attached hydrogens (tertiary/aromatic N) is 2. The number of carbonyl (C=O) groups is 2. The number of ketones is 1. The third-order valence-corrected chi connectivity index (χ3v) is 7.58. The molecule has 0 spiro atoms. The number of aromatic nitrogens is 1. The van der Waals surface area contributed by atoms with Crippen molar-refractivity contribution in [1.82, 2.24) is 4.98 Å². The number of thiophene rings is 1. The van der Waals surface area contributed by atoms with Gasteiger partial charge in [0, 0.05) is 16.1 Å². The Balaban J connectivity index is 1.96. The predicted molar refractivity (Wildman–Crippen MR) is 124 cm³/mol. The van der Waals surface area contributed by atoms with Gasteiger partial charge < -0.3 is 4.74 Å². The SMILES string of the molecule is CCOC(=O)CC(=O)CSc1nc2c(c(-c3cccs3)c1C#N)CC[C@@H](C(C)(C)C)C2. The van der Waals surface area contributed by atoms with Crippen LogP contribution in [0.4, 0.5) is 0 Å². The molecule has 0 unspecified atom stereocenters. The maximum Gasteiger partial charge on any atom is 0.313 e. The van der Waals surface area contributed by atoms with Crippen LogP contribution in [0.2, 0.25) is 0 Å². The molecule has 0 radical (unpaired) electrons. The summed E-state index contributed by atoms with van der Waals surface area (Å²) < 4.78 is 4.86. The molecule has 1 aliphatic carbocycles. The summed E-state index contributed by atoms with van der Waals surface area (Å²) in [5.74, 6) is -0.136. The first-order chi connectivity index (χ1) is 14.7. The van der Waals surface area contributed by atoms with E-state index in [4.69, 9.17) is 9.72 Å². The number of ether oxygens (including phenoxy) is 1. The highest BCUT2D eigenvalue weighted by atomic mass is 32.2. The highest BCUT2D eigenvalue weighted by molar-refractivity contribution is 8.00. The van der Waals surface area contributed by atoms with Crippen LogP contribution in [0.15, 0.2) is 22.5 Å². The van der Waals surface area contributed by atoms with E-state index in [1.807, 2.05) is 17.5 Å².